The van der Waals surface area contributed by atoms with Crippen molar-refractivity contribution in [2.24, 2.45) is 5.92 Å². The van der Waals surface area contributed by atoms with E-state index in [-0.39, 0.29) is 6.09 Å². The quantitative estimate of drug-likeness (QED) is 0.652. The summed E-state index contributed by atoms with van der Waals surface area (Å²) >= 11 is 0. The Labute approximate surface area is 93.8 Å². The summed E-state index contributed by atoms with van der Waals surface area (Å²) in [4.78, 5) is 13.3. The smallest absolute Gasteiger partial charge is 0.409 e. The first kappa shape index (κ1) is 14.3. The maximum absolute atomic E-state index is 11.6. The highest BCUT2D eigenvalue weighted by molar-refractivity contribution is 5.67. The number of amides is 1. The zero-order chi connectivity index (χ0) is 11.7. The molecule has 0 bridgehead atoms. The van der Waals surface area contributed by atoms with E-state index in [1.807, 2.05) is 6.92 Å². The normalized spacial score (nSPS) is 10.5. The van der Waals surface area contributed by atoms with Crippen LogP contribution in [0.2, 0.25) is 0 Å². The maximum atomic E-state index is 11.6. The van der Waals surface area contributed by atoms with E-state index in [0.29, 0.717) is 12.5 Å². The lowest BCUT2D eigenvalue weighted by molar-refractivity contribution is 0.0994. The minimum Gasteiger partial charge on any atom is -0.449 e. The fourth-order valence-corrected chi connectivity index (χ4v) is 1.20. The van der Waals surface area contributed by atoms with E-state index in [4.69, 9.17) is 4.74 Å². The van der Waals surface area contributed by atoms with Gasteiger partial charge in [0.1, 0.15) is 0 Å². The highest BCUT2D eigenvalue weighted by atomic mass is 16.6. The Morgan fingerprint density at radius 3 is 2.47 bits per heavy atom. The van der Waals surface area contributed by atoms with Crippen molar-refractivity contribution in [2.75, 3.05) is 19.7 Å². The molecule has 0 aromatic rings. The fraction of sp³-hybridized carbons (Fsp3) is 0.917. The van der Waals surface area contributed by atoms with E-state index in [1.54, 1.807) is 4.90 Å². The molecule has 0 aromatic heterocycles. The molecule has 3 heteroatoms. The van der Waals surface area contributed by atoms with Crippen LogP contribution in [0.1, 0.15) is 47.0 Å². The van der Waals surface area contributed by atoms with Gasteiger partial charge in [-0.1, -0.05) is 27.2 Å². The summed E-state index contributed by atoms with van der Waals surface area (Å²) in [5, 5.41) is 0. The summed E-state index contributed by atoms with van der Waals surface area (Å²) in [5.41, 5.74) is 0. The second kappa shape index (κ2) is 8.57. The van der Waals surface area contributed by atoms with Crippen LogP contribution in [-0.2, 0) is 4.74 Å². The predicted molar refractivity (Wildman–Crippen MR) is 63.0 cm³/mol. The molecule has 0 heterocycles. The Kier molecular flexibility index (Phi) is 8.15. The number of carbonyl (C=O) groups is 1. The van der Waals surface area contributed by atoms with Crippen molar-refractivity contribution in [3.63, 3.8) is 0 Å². The van der Waals surface area contributed by atoms with Crippen LogP contribution in [-0.4, -0.2) is 30.7 Å². The molecule has 0 saturated heterocycles. The van der Waals surface area contributed by atoms with Crippen LogP contribution >= 0.6 is 0 Å². The molecule has 0 unspecified atom stereocenters. The van der Waals surface area contributed by atoms with E-state index in [2.05, 4.69) is 20.8 Å². The third-order valence-corrected chi connectivity index (χ3v) is 2.34. The SMILES string of the molecule is CCCCN(CC)C(=O)OCCC(C)C. The molecule has 3 nitrogen and oxygen atoms in total. The highest BCUT2D eigenvalue weighted by Crippen LogP contribution is 2.02. The van der Waals surface area contributed by atoms with E-state index < -0.39 is 0 Å². The largest absolute Gasteiger partial charge is 0.449 e. The topological polar surface area (TPSA) is 29.5 Å². The molecular weight excluding hydrogens is 190 g/mol. The summed E-state index contributed by atoms with van der Waals surface area (Å²) in [6, 6.07) is 0. The monoisotopic (exact) mass is 215 g/mol. The van der Waals surface area contributed by atoms with E-state index >= 15 is 0 Å². The Balaban J connectivity index is 3.73. The zero-order valence-electron chi connectivity index (χ0n) is 10.6. The van der Waals surface area contributed by atoms with Crippen LogP contribution in [0.3, 0.4) is 0 Å². The summed E-state index contributed by atoms with van der Waals surface area (Å²) in [6.07, 6.45) is 2.94. The highest BCUT2D eigenvalue weighted by Gasteiger charge is 2.11. The minimum absolute atomic E-state index is 0.161. The van der Waals surface area contributed by atoms with Gasteiger partial charge in [-0.05, 0) is 25.7 Å². The van der Waals surface area contributed by atoms with Gasteiger partial charge in [-0.2, -0.15) is 0 Å². The zero-order valence-corrected chi connectivity index (χ0v) is 10.6. The molecule has 0 spiro atoms. The average Bonchev–Trinajstić information content (AvgIpc) is 2.18. The van der Waals surface area contributed by atoms with Gasteiger partial charge in [0.2, 0.25) is 0 Å². The van der Waals surface area contributed by atoms with Crippen LogP contribution in [0, 0.1) is 5.92 Å². The van der Waals surface area contributed by atoms with Crippen LogP contribution in [0.25, 0.3) is 0 Å². The molecular formula is C12H25NO2. The van der Waals surface area contributed by atoms with Gasteiger partial charge in [-0.25, -0.2) is 4.79 Å². The van der Waals surface area contributed by atoms with Crippen LogP contribution in [0.5, 0.6) is 0 Å². The number of carbonyl (C=O) groups excluding carboxylic acids is 1. The van der Waals surface area contributed by atoms with Crippen LogP contribution < -0.4 is 0 Å². The van der Waals surface area contributed by atoms with Gasteiger partial charge in [-0.3, -0.25) is 0 Å². The second-order valence-corrected chi connectivity index (χ2v) is 4.23. The summed E-state index contributed by atoms with van der Waals surface area (Å²) < 4.78 is 5.19. The van der Waals surface area contributed by atoms with Gasteiger partial charge in [0.15, 0.2) is 0 Å². The van der Waals surface area contributed by atoms with E-state index in [0.717, 1.165) is 32.4 Å². The van der Waals surface area contributed by atoms with Crippen molar-refractivity contribution in [2.45, 2.75) is 47.0 Å². The molecule has 90 valence electrons. The summed E-state index contributed by atoms with van der Waals surface area (Å²) in [6.45, 7) is 10.5. The summed E-state index contributed by atoms with van der Waals surface area (Å²) in [5.74, 6) is 0.587. The minimum atomic E-state index is -0.161. The molecule has 0 radical (unpaired) electrons. The van der Waals surface area contributed by atoms with Crippen molar-refractivity contribution < 1.29 is 9.53 Å². The molecule has 0 saturated carbocycles. The first-order chi connectivity index (χ1) is 7.11. The number of ether oxygens (including phenoxy) is 1. The maximum Gasteiger partial charge on any atom is 0.409 e. The number of hydrogen-bond acceptors (Lipinski definition) is 2. The van der Waals surface area contributed by atoms with Gasteiger partial charge in [0.25, 0.3) is 0 Å². The Bertz CT molecular complexity index is 169. The molecule has 15 heavy (non-hydrogen) atoms. The first-order valence-electron chi connectivity index (χ1n) is 6.03. The number of nitrogens with zero attached hydrogens (tertiary/aromatic N) is 1. The van der Waals surface area contributed by atoms with Crippen molar-refractivity contribution >= 4 is 6.09 Å². The van der Waals surface area contributed by atoms with Gasteiger partial charge >= 0.3 is 6.09 Å². The molecule has 0 atom stereocenters. The molecule has 0 aliphatic carbocycles. The molecule has 0 aromatic carbocycles. The second-order valence-electron chi connectivity index (χ2n) is 4.23. The molecule has 0 fully saturated rings. The van der Waals surface area contributed by atoms with Gasteiger partial charge in [0, 0.05) is 13.1 Å². The standard InChI is InChI=1S/C12H25NO2/c1-5-7-9-13(6-2)12(14)15-10-8-11(3)4/h11H,5-10H2,1-4H3. The van der Waals surface area contributed by atoms with Crippen molar-refractivity contribution in [1.82, 2.24) is 4.90 Å². The van der Waals surface area contributed by atoms with Crippen molar-refractivity contribution in [3.05, 3.63) is 0 Å². The van der Waals surface area contributed by atoms with Crippen LogP contribution in [0.15, 0.2) is 0 Å². The van der Waals surface area contributed by atoms with Gasteiger partial charge in [-0.15, -0.1) is 0 Å². The molecule has 0 N–H and O–H groups in total. The Morgan fingerprint density at radius 1 is 1.33 bits per heavy atom. The van der Waals surface area contributed by atoms with Crippen molar-refractivity contribution in [3.8, 4) is 0 Å². The molecule has 0 rings (SSSR count). The van der Waals surface area contributed by atoms with E-state index in [1.165, 1.54) is 0 Å². The van der Waals surface area contributed by atoms with Gasteiger partial charge in [0.05, 0.1) is 6.61 Å². The van der Waals surface area contributed by atoms with Gasteiger partial charge < -0.3 is 9.64 Å². The third kappa shape index (κ3) is 7.23. The number of rotatable bonds is 7. The van der Waals surface area contributed by atoms with Crippen LogP contribution in [0.4, 0.5) is 4.79 Å². The lowest BCUT2D eigenvalue weighted by atomic mass is 10.1. The molecule has 0 aliphatic heterocycles. The number of hydrogen-bond donors (Lipinski definition) is 0. The average molecular weight is 215 g/mol. The lowest BCUT2D eigenvalue weighted by Gasteiger charge is -2.20. The Hall–Kier alpha value is -0.730. The summed E-state index contributed by atoms with van der Waals surface area (Å²) in [7, 11) is 0. The van der Waals surface area contributed by atoms with E-state index in [9.17, 15) is 4.79 Å². The number of unbranched alkanes of at least 4 members (excludes halogenated alkanes) is 1. The fourth-order valence-electron chi connectivity index (χ4n) is 1.20. The third-order valence-electron chi connectivity index (χ3n) is 2.34. The predicted octanol–water partition coefficient (Wildman–Crippen LogP) is 3.29. The van der Waals surface area contributed by atoms with Crippen molar-refractivity contribution in [1.29, 1.82) is 0 Å². The molecule has 0 aliphatic rings. The lowest BCUT2D eigenvalue weighted by Crippen LogP contribution is -2.32. The molecule has 1 amide bonds. The first-order valence-corrected chi connectivity index (χ1v) is 6.03. The Morgan fingerprint density at radius 2 is 2.00 bits per heavy atom.